The zero-order valence-corrected chi connectivity index (χ0v) is 11.9. The Kier molecular flexibility index (Phi) is 3.81. The Morgan fingerprint density at radius 2 is 2.21 bits per heavy atom. The van der Waals surface area contributed by atoms with Gasteiger partial charge in [-0.05, 0) is 45.4 Å². The molecule has 0 aromatic carbocycles. The van der Waals surface area contributed by atoms with Gasteiger partial charge in [0, 0.05) is 24.6 Å². The van der Waals surface area contributed by atoms with Crippen molar-refractivity contribution in [3.05, 3.63) is 0 Å². The molecule has 0 radical (unpaired) electrons. The molecule has 1 saturated heterocycles. The molecule has 2 aliphatic carbocycles. The number of amides is 1. The third-order valence-electron chi connectivity index (χ3n) is 5.37. The van der Waals surface area contributed by atoms with E-state index in [4.69, 9.17) is 4.74 Å². The summed E-state index contributed by atoms with van der Waals surface area (Å²) >= 11 is 0. The van der Waals surface area contributed by atoms with Crippen molar-refractivity contribution < 1.29 is 9.53 Å². The summed E-state index contributed by atoms with van der Waals surface area (Å²) in [5.74, 6) is 0.201. The summed E-state index contributed by atoms with van der Waals surface area (Å²) in [5.41, 5.74) is 0.350. The van der Waals surface area contributed by atoms with E-state index < -0.39 is 0 Å². The molecule has 0 aromatic rings. The van der Waals surface area contributed by atoms with Crippen LogP contribution in [0, 0.1) is 5.41 Å². The lowest BCUT2D eigenvalue weighted by molar-refractivity contribution is -0.175. The second-order valence-electron chi connectivity index (χ2n) is 6.33. The third-order valence-corrected chi connectivity index (χ3v) is 5.37. The van der Waals surface area contributed by atoms with Gasteiger partial charge in [0.05, 0.1) is 12.1 Å². The smallest absolute Gasteiger partial charge is 0.237 e. The van der Waals surface area contributed by atoms with Gasteiger partial charge in [-0.3, -0.25) is 4.79 Å². The average molecular weight is 266 g/mol. The molecule has 2 saturated carbocycles. The molecule has 0 bridgehead atoms. The van der Waals surface area contributed by atoms with E-state index >= 15 is 0 Å². The highest BCUT2D eigenvalue weighted by molar-refractivity contribution is 5.82. The SMILES string of the molecule is CCOC1CC(NC2CCCCNC2=O)C12CCC2. The van der Waals surface area contributed by atoms with Crippen molar-refractivity contribution >= 4 is 5.91 Å². The number of ether oxygens (including phenoxy) is 1. The number of hydrogen-bond acceptors (Lipinski definition) is 3. The maximum absolute atomic E-state index is 12.0. The van der Waals surface area contributed by atoms with Crippen molar-refractivity contribution in [3.8, 4) is 0 Å². The zero-order valence-electron chi connectivity index (χ0n) is 11.9. The number of nitrogens with one attached hydrogen (secondary N) is 2. The number of hydrogen-bond donors (Lipinski definition) is 2. The minimum Gasteiger partial charge on any atom is -0.378 e. The van der Waals surface area contributed by atoms with Crippen molar-refractivity contribution in [1.82, 2.24) is 10.6 Å². The highest BCUT2D eigenvalue weighted by atomic mass is 16.5. The first kappa shape index (κ1) is 13.4. The van der Waals surface area contributed by atoms with Crippen molar-refractivity contribution in [2.24, 2.45) is 5.41 Å². The van der Waals surface area contributed by atoms with Crippen LogP contribution in [0.15, 0.2) is 0 Å². The maximum atomic E-state index is 12.0. The van der Waals surface area contributed by atoms with E-state index in [0.717, 1.165) is 38.8 Å². The second kappa shape index (κ2) is 5.41. The fourth-order valence-corrected chi connectivity index (χ4v) is 4.01. The molecule has 2 N–H and O–H groups in total. The van der Waals surface area contributed by atoms with Gasteiger partial charge in [0.15, 0.2) is 0 Å². The van der Waals surface area contributed by atoms with Crippen LogP contribution in [-0.4, -0.2) is 37.2 Å². The predicted molar refractivity (Wildman–Crippen MR) is 73.9 cm³/mol. The Morgan fingerprint density at radius 3 is 2.89 bits per heavy atom. The molecular formula is C15H26N2O2. The van der Waals surface area contributed by atoms with E-state index in [2.05, 4.69) is 17.6 Å². The molecule has 3 atom stereocenters. The number of carbonyl (C=O) groups is 1. The van der Waals surface area contributed by atoms with Crippen LogP contribution in [0.2, 0.25) is 0 Å². The van der Waals surface area contributed by atoms with E-state index in [9.17, 15) is 4.79 Å². The first-order valence-corrected chi connectivity index (χ1v) is 7.91. The normalized spacial score (nSPS) is 37.1. The fourth-order valence-electron chi connectivity index (χ4n) is 4.01. The van der Waals surface area contributed by atoms with Crippen LogP contribution < -0.4 is 10.6 Å². The van der Waals surface area contributed by atoms with Gasteiger partial charge in [0.2, 0.25) is 5.91 Å². The topological polar surface area (TPSA) is 50.4 Å². The summed E-state index contributed by atoms with van der Waals surface area (Å²) in [6.45, 7) is 3.73. The largest absolute Gasteiger partial charge is 0.378 e. The Balaban J connectivity index is 1.59. The van der Waals surface area contributed by atoms with Gasteiger partial charge >= 0.3 is 0 Å². The molecule has 19 heavy (non-hydrogen) atoms. The summed E-state index contributed by atoms with van der Waals surface area (Å²) < 4.78 is 5.87. The molecule has 1 aliphatic heterocycles. The van der Waals surface area contributed by atoms with Crippen LogP contribution in [0.3, 0.4) is 0 Å². The van der Waals surface area contributed by atoms with Crippen molar-refractivity contribution in [1.29, 1.82) is 0 Å². The summed E-state index contributed by atoms with van der Waals surface area (Å²) in [5, 5.41) is 6.65. The summed E-state index contributed by atoms with van der Waals surface area (Å²) in [7, 11) is 0. The van der Waals surface area contributed by atoms with Crippen molar-refractivity contribution in [2.45, 2.75) is 70.1 Å². The van der Waals surface area contributed by atoms with Gasteiger partial charge in [0.1, 0.15) is 0 Å². The van der Waals surface area contributed by atoms with Crippen LogP contribution in [0.1, 0.15) is 51.9 Å². The molecule has 0 aromatic heterocycles. The fraction of sp³-hybridized carbons (Fsp3) is 0.933. The van der Waals surface area contributed by atoms with Crippen molar-refractivity contribution in [3.63, 3.8) is 0 Å². The molecule has 3 unspecified atom stereocenters. The van der Waals surface area contributed by atoms with Gasteiger partial charge in [-0.2, -0.15) is 0 Å². The van der Waals surface area contributed by atoms with Gasteiger partial charge < -0.3 is 15.4 Å². The monoisotopic (exact) mass is 266 g/mol. The average Bonchev–Trinajstić information content (AvgIpc) is 2.51. The molecular weight excluding hydrogens is 240 g/mol. The van der Waals surface area contributed by atoms with Crippen LogP contribution in [0.5, 0.6) is 0 Å². The molecule has 4 heteroatoms. The number of carbonyl (C=O) groups excluding carboxylic acids is 1. The highest BCUT2D eigenvalue weighted by Gasteiger charge is 2.59. The molecule has 3 fully saturated rings. The Bertz CT molecular complexity index is 341. The minimum absolute atomic E-state index is 0.0209. The quantitative estimate of drug-likeness (QED) is 0.812. The van der Waals surface area contributed by atoms with Gasteiger partial charge in [-0.1, -0.05) is 6.42 Å². The Morgan fingerprint density at radius 1 is 1.37 bits per heavy atom. The molecule has 3 aliphatic rings. The Hall–Kier alpha value is -0.610. The van der Waals surface area contributed by atoms with Crippen LogP contribution in [0.25, 0.3) is 0 Å². The Labute approximate surface area is 115 Å². The lowest BCUT2D eigenvalue weighted by Gasteiger charge is -2.61. The first-order valence-electron chi connectivity index (χ1n) is 7.91. The molecule has 4 nitrogen and oxygen atoms in total. The first-order chi connectivity index (χ1) is 9.26. The molecule has 1 spiro atoms. The summed E-state index contributed by atoms with van der Waals surface area (Å²) in [6.07, 6.45) is 8.60. The van der Waals surface area contributed by atoms with Crippen LogP contribution >= 0.6 is 0 Å². The second-order valence-corrected chi connectivity index (χ2v) is 6.33. The van der Waals surface area contributed by atoms with Crippen molar-refractivity contribution in [2.75, 3.05) is 13.2 Å². The van der Waals surface area contributed by atoms with Crippen LogP contribution in [-0.2, 0) is 9.53 Å². The lowest BCUT2D eigenvalue weighted by Crippen LogP contribution is -2.69. The summed E-state index contributed by atoms with van der Waals surface area (Å²) in [4.78, 5) is 12.0. The van der Waals surface area contributed by atoms with E-state index in [1.807, 2.05) is 0 Å². The minimum atomic E-state index is 0.0209. The number of rotatable bonds is 4. The third kappa shape index (κ3) is 2.29. The van der Waals surface area contributed by atoms with E-state index in [1.165, 1.54) is 19.3 Å². The predicted octanol–water partition coefficient (Wildman–Crippen LogP) is 1.59. The molecule has 108 valence electrons. The van der Waals surface area contributed by atoms with E-state index in [-0.39, 0.29) is 11.9 Å². The van der Waals surface area contributed by atoms with E-state index in [0.29, 0.717) is 17.6 Å². The van der Waals surface area contributed by atoms with Gasteiger partial charge in [-0.25, -0.2) is 0 Å². The molecule has 1 amide bonds. The lowest BCUT2D eigenvalue weighted by atomic mass is 9.51. The van der Waals surface area contributed by atoms with Gasteiger partial charge in [-0.15, -0.1) is 0 Å². The summed E-state index contributed by atoms with van der Waals surface area (Å²) in [6, 6.07) is 0.513. The van der Waals surface area contributed by atoms with E-state index in [1.54, 1.807) is 0 Å². The zero-order chi connectivity index (χ0) is 13.3. The van der Waals surface area contributed by atoms with Gasteiger partial charge in [0.25, 0.3) is 0 Å². The highest BCUT2D eigenvalue weighted by Crippen LogP contribution is 2.57. The molecule has 1 heterocycles. The maximum Gasteiger partial charge on any atom is 0.237 e. The van der Waals surface area contributed by atoms with Crippen LogP contribution in [0.4, 0.5) is 0 Å². The standard InChI is InChI=1S/C15H26N2O2/c1-2-19-13-10-12(15(13)7-5-8-15)17-11-6-3-4-9-16-14(11)18/h11-13,17H,2-10H2,1H3,(H,16,18). The molecule has 3 rings (SSSR count).